The Morgan fingerprint density at radius 2 is 1.85 bits per heavy atom. The lowest BCUT2D eigenvalue weighted by atomic mass is 9.95. The van der Waals surface area contributed by atoms with Crippen LogP contribution in [0.1, 0.15) is 43.5 Å². The molecule has 0 unspecified atom stereocenters. The fourth-order valence-corrected chi connectivity index (χ4v) is 4.52. The first-order chi connectivity index (χ1) is 16.0. The number of nitrogens with zero attached hydrogens (tertiary/aromatic N) is 4. The molecule has 0 aliphatic rings. The quantitative estimate of drug-likeness (QED) is 0.281. The fraction of sp³-hybridized carbons (Fsp3) is 0.269. The third-order valence-electron chi connectivity index (χ3n) is 5.64. The molecule has 0 amide bonds. The summed E-state index contributed by atoms with van der Waals surface area (Å²) in [6.45, 7) is 10.1. The lowest BCUT2D eigenvalue weighted by Crippen LogP contribution is -2.29. The minimum absolute atomic E-state index is 0.210. The van der Waals surface area contributed by atoms with E-state index in [1.165, 1.54) is 4.68 Å². The molecule has 4 rings (SSSR count). The molecule has 2 aromatic heterocycles. The number of aromatic nitrogens is 3. The highest BCUT2D eigenvalue weighted by molar-refractivity contribution is 9.10. The van der Waals surface area contributed by atoms with E-state index in [4.69, 9.17) is 21.3 Å². The molecule has 8 heteroatoms. The molecule has 0 aliphatic heterocycles. The van der Waals surface area contributed by atoms with E-state index in [-0.39, 0.29) is 11.0 Å². The van der Waals surface area contributed by atoms with Gasteiger partial charge in [0.1, 0.15) is 11.6 Å². The minimum atomic E-state index is -0.386. The average Bonchev–Trinajstić information content (AvgIpc) is 3.05. The van der Waals surface area contributed by atoms with Crippen molar-refractivity contribution >= 4 is 44.6 Å². The standard InChI is InChI=1S/C26H26BrClN4O2/c1-15-11-17(16(2)31(15)22-13-19(28)8-10-23(22)34-6)14-29-32-24(33)20-12-18(27)7-9-21(20)30-25(32)26(3,4)5/h7-14H,1-6H3. The lowest BCUT2D eigenvalue weighted by Gasteiger charge is -2.20. The van der Waals surface area contributed by atoms with E-state index in [0.29, 0.717) is 27.5 Å². The Labute approximate surface area is 212 Å². The van der Waals surface area contributed by atoms with E-state index < -0.39 is 0 Å². The fourth-order valence-electron chi connectivity index (χ4n) is 3.99. The van der Waals surface area contributed by atoms with Crippen molar-refractivity contribution in [1.82, 2.24) is 14.2 Å². The molecular formula is C26H26BrClN4O2. The maximum atomic E-state index is 13.4. The van der Waals surface area contributed by atoms with Crippen LogP contribution in [0.5, 0.6) is 5.75 Å². The zero-order valence-electron chi connectivity index (χ0n) is 20.0. The van der Waals surface area contributed by atoms with Crippen LogP contribution in [0.15, 0.2) is 56.8 Å². The Bertz CT molecular complexity index is 1500. The van der Waals surface area contributed by atoms with Gasteiger partial charge in [0.25, 0.3) is 5.56 Å². The Morgan fingerprint density at radius 3 is 2.53 bits per heavy atom. The first-order valence-corrected chi connectivity index (χ1v) is 12.0. The zero-order valence-corrected chi connectivity index (χ0v) is 22.3. The normalized spacial score (nSPS) is 12.1. The number of hydrogen-bond donors (Lipinski definition) is 0. The number of ether oxygens (including phenoxy) is 1. The second-order valence-corrected chi connectivity index (χ2v) is 10.5. The van der Waals surface area contributed by atoms with Crippen molar-refractivity contribution in [2.24, 2.45) is 5.10 Å². The highest BCUT2D eigenvalue weighted by Crippen LogP contribution is 2.30. The van der Waals surface area contributed by atoms with Crippen molar-refractivity contribution in [1.29, 1.82) is 0 Å². The SMILES string of the molecule is COc1ccc(Cl)cc1-n1c(C)cc(C=Nn2c(C(C)(C)C)nc3ccc(Br)cc3c2=O)c1C. The van der Waals surface area contributed by atoms with Gasteiger partial charge in [-0.15, -0.1) is 0 Å². The molecule has 0 aliphatic carbocycles. The molecular weight excluding hydrogens is 516 g/mol. The topological polar surface area (TPSA) is 61.4 Å². The molecule has 4 aromatic rings. The largest absolute Gasteiger partial charge is 0.495 e. The summed E-state index contributed by atoms with van der Waals surface area (Å²) in [6, 6.07) is 13.0. The number of rotatable bonds is 4. The summed E-state index contributed by atoms with van der Waals surface area (Å²) in [7, 11) is 1.63. The predicted molar refractivity (Wildman–Crippen MR) is 142 cm³/mol. The smallest absolute Gasteiger partial charge is 0.282 e. The molecule has 2 heterocycles. The van der Waals surface area contributed by atoms with Crippen molar-refractivity contribution in [2.45, 2.75) is 40.0 Å². The average molecular weight is 542 g/mol. The molecule has 2 aromatic carbocycles. The summed E-state index contributed by atoms with van der Waals surface area (Å²) in [5.41, 5.74) is 3.71. The molecule has 176 valence electrons. The monoisotopic (exact) mass is 540 g/mol. The van der Waals surface area contributed by atoms with Crippen molar-refractivity contribution in [2.75, 3.05) is 7.11 Å². The van der Waals surface area contributed by atoms with Crippen molar-refractivity contribution in [3.8, 4) is 11.4 Å². The van der Waals surface area contributed by atoms with Gasteiger partial charge < -0.3 is 9.30 Å². The predicted octanol–water partition coefficient (Wildman–Crippen LogP) is 6.41. The first kappa shape index (κ1) is 24.2. The summed E-state index contributed by atoms with van der Waals surface area (Å²) >= 11 is 9.72. The number of halogens is 2. The van der Waals surface area contributed by atoms with E-state index in [1.54, 1.807) is 25.5 Å². The molecule has 34 heavy (non-hydrogen) atoms. The Hall–Kier alpha value is -2.90. The second kappa shape index (κ2) is 9.04. The van der Waals surface area contributed by atoms with Crippen LogP contribution in [0, 0.1) is 13.8 Å². The van der Waals surface area contributed by atoms with Gasteiger partial charge in [-0.2, -0.15) is 9.78 Å². The van der Waals surface area contributed by atoms with Crippen LogP contribution >= 0.6 is 27.5 Å². The van der Waals surface area contributed by atoms with Crippen molar-refractivity contribution in [3.63, 3.8) is 0 Å². The van der Waals surface area contributed by atoms with Gasteiger partial charge in [0, 0.05) is 31.9 Å². The van der Waals surface area contributed by atoms with E-state index in [1.807, 2.05) is 65.0 Å². The van der Waals surface area contributed by atoms with Crippen LogP contribution in [0.25, 0.3) is 16.6 Å². The number of benzene rings is 2. The number of methoxy groups -OCH3 is 1. The summed E-state index contributed by atoms with van der Waals surface area (Å²) in [5, 5.41) is 5.75. The van der Waals surface area contributed by atoms with Crippen LogP contribution in [0.2, 0.25) is 5.02 Å². The molecule has 0 saturated carbocycles. The minimum Gasteiger partial charge on any atom is -0.495 e. The molecule has 0 spiro atoms. The maximum Gasteiger partial charge on any atom is 0.282 e. The van der Waals surface area contributed by atoms with E-state index in [0.717, 1.165) is 27.1 Å². The highest BCUT2D eigenvalue weighted by Gasteiger charge is 2.23. The van der Waals surface area contributed by atoms with Gasteiger partial charge in [-0.25, -0.2) is 4.98 Å². The van der Waals surface area contributed by atoms with Crippen molar-refractivity contribution in [3.05, 3.63) is 85.1 Å². The summed E-state index contributed by atoms with van der Waals surface area (Å²) in [6.07, 6.45) is 1.71. The van der Waals surface area contributed by atoms with E-state index >= 15 is 0 Å². The molecule has 0 atom stereocenters. The van der Waals surface area contributed by atoms with Gasteiger partial charge in [0.15, 0.2) is 0 Å². The molecule has 0 radical (unpaired) electrons. The van der Waals surface area contributed by atoms with Gasteiger partial charge in [-0.3, -0.25) is 4.79 Å². The van der Waals surface area contributed by atoms with Crippen LogP contribution in [-0.4, -0.2) is 27.6 Å². The molecule has 0 saturated heterocycles. The zero-order chi connectivity index (χ0) is 24.8. The van der Waals surface area contributed by atoms with E-state index in [2.05, 4.69) is 25.6 Å². The molecule has 0 fully saturated rings. The summed E-state index contributed by atoms with van der Waals surface area (Å²) in [5.74, 6) is 1.30. The van der Waals surface area contributed by atoms with E-state index in [9.17, 15) is 4.79 Å². The maximum absolute atomic E-state index is 13.4. The number of aryl methyl sites for hydroxylation is 1. The first-order valence-electron chi connectivity index (χ1n) is 10.8. The van der Waals surface area contributed by atoms with Gasteiger partial charge in [-0.1, -0.05) is 48.3 Å². The summed E-state index contributed by atoms with van der Waals surface area (Å²) < 4.78 is 9.84. The highest BCUT2D eigenvalue weighted by atomic mass is 79.9. The number of hydrogen-bond acceptors (Lipinski definition) is 4. The Balaban J connectivity index is 1.88. The van der Waals surface area contributed by atoms with Crippen LogP contribution in [0.4, 0.5) is 0 Å². The van der Waals surface area contributed by atoms with Gasteiger partial charge in [0.05, 0.1) is 29.9 Å². The van der Waals surface area contributed by atoms with Gasteiger partial charge in [0.2, 0.25) is 0 Å². The van der Waals surface area contributed by atoms with Crippen LogP contribution in [-0.2, 0) is 5.41 Å². The van der Waals surface area contributed by atoms with Crippen LogP contribution in [0.3, 0.4) is 0 Å². The Kier molecular flexibility index (Phi) is 6.44. The van der Waals surface area contributed by atoms with Gasteiger partial charge in [-0.05, 0) is 56.3 Å². The van der Waals surface area contributed by atoms with Gasteiger partial charge >= 0.3 is 0 Å². The lowest BCUT2D eigenvalue weighted by molar-refractivity contribution is 0.412. The second-order valence-electron chi connectivity index (χ2n) is 9.19. The molecule has 0 bridgehead atoms. The molecule has 0 N–H and O–H groups in total. The third kappa shape index (κ3) is 4.42. The number of fused-ring (bicyclic) bond motifs is 1. The summed E-state index contributed by atoms with van der Waals surface area (Å²) in [4.78, 5) is 18.2. The Morgan fingerprint density at radius 1 is 1.12 bits per heavy atom. The van der Waals surface area contributed by atoms with Crippen LogP contribution < -0.4 is 10.3 Å². The van der Waals surface area contributed by atoms with Crippen molar-refractivity contribution < 1.29 is 4.74 Å². The molecule has 6 nitrogen and oxygen atoms in total. The third-order valence-corrected chi connectivity index (χ3v) is 6.37.